The van der Waals surface area contributed by atoms with Gasteiger partial charge in [-0.25, -0.2) is 4.39 Å². The van der Waals surface area contributed by atoms with Gasteiger partial charge in [-0.3, -0.25) is 0 Å². The van der Waals surface area contributed by atoms with Crippen molar-refractivity contribution in [3.63, 3.8) is 0 Å². The lowest BCUT2D eigenvalue weighted by Gasteiger charge is -2.14. The molecule has 0 radical (unpaired) electrons. The fourth-order valence-electron chi connectivity index (χ4n) is 2.45. The van der Waals surface area contributed by atoms with Crippen LogP contribution in [0.15, 0.2) is 36.4 Å². The van der Waals surface area contributed by atoms with Crippen molar-refractivity contribution in [2.24, 2.45) is 5.73 Å². The molecule has 0 fully saturated rings. The molecule has 0 aromatic heterocycles. The molecule has 0 bridgehead atoms. The minimum atomic E-state index is -0.231. The van der Waals surface area contributed by atoms with Crippen LogP contribution >= 0.6 is 0 Å². The first-order chi connectivity index (χ1) is 9.15. The van der Waals surface area contributed by atoms with Gasteiger partial charge in [0.15, 0.2) is 0 Å². The topological polar surface area (TPSA) is 35.2 Å². The normalized spacial score (nSPS) is 14.9. The first kappa shape index (κ1) is 12.2. The molecule has 3 heteroatoms. The molecule has 98 valence electrons. The number of benzene rings is 2. The van der Waals surface area contributed by atoms with Crippen LogP contribution in [0.1, 0.15) is 28.3 Å². The molecule has 2 aromatic rings. The molecule has 1 aliphatic heterocycles. The zero-order valence-electron chi connectivity index (χ0n) is 10.8. The highest BCUT2D eigenvalue weighted by atomic mass is 19.1. The van der Waals surface area contributed by atoms with Gasteiger partial charge in [-0.05, 0) is 41.3 Å². The van der Waals surface area contributed by atoms with E-state index in [1.807, 2.05) is 18.2 Å². The summed E-state index contributed by atoms with van der Waals surface area (Å²) in [5, 5.41) is 0. The summed E-state index contributed by atoms with van der Waals surface area (Å²) >= 11 is 0. The SMILES string of the molecule is Cc1cc(C(N)c2ccc3c(c2)CCO3)ccc1F. The van der Waals surface area contributed by atoms with E-state index < -0.39 is 0 Å². The third-order valence-electron chi connectivity index (χ3n) is 3.61. The number of halogens is 1. The summed E-state index contributed by atoms with van der Waals surface area (Å²) in [6, 6.07) is 10.8. The van der Waals surface area contributed by atoms with Gasteiger partial charge in [-0.2, -0.15) is 0 Å². The maximum absolute atomic E-state index is 13.3. The molecule has 1 aliphatic rings. The predicted octanol–water partition coefficient (Wildman–Crippen LogP) is 3.12. The van der Waals surface area contributed by atoms with Crippen LogP contribution in [-0.2, 0) is 6.42 Å². The Bertz CT molecular complexity index is 624. The minimum Gasteiger partial charge on any atom is -0.493 e. The van der Waals surface area contributed by atoms with E-state index in [0.717, 1.165) is 29.9 Å². The molecule has 0 spiro atoms. The number of aryl methyl sites for hydroxylation is 1. The quantitative estimate of drug-likeness (QED) is 0.897. The van der Waals surface area contributed by atoms with Gasteiger partial charge in [0.25, 0.3) is 0 Å². The molecular formula is C16H16FNO. The average Bonchev–Trinajstić information content (AvgIpc) is 2.88. The first-order valence-corrected chi connectivity index (χ1v) is 6.42. The van der Waals surface area contributed by atoms with E-state index >= 15 is 0 Å². The Morgan fingerprint density at radius 3 is 2.68 bits per heavy atom. The molecule has 1 atom stereocenters. The monoisotopic (exact) mass is 257 g/mol. The van der Waals surface area contributed by atoms with Crippen molar-refractivity contribution in [2.45, 2.75) is 19.4 Å². The van der Waals surface area contributed by atoms with Gasteiger partial charge in [0.1, 0.15) is 11.6 Å². The smallest absolute Gasteiger partial charge is 0.126 e. The van der Waals surface area contributed by atoms with E-state index in [4.69, 9.17) is 10.5 Å². The number of nitrogens with two attached hydrogens (primary N) is 1. The van der Waals surface area contributed by atoms with Gasteiger partial charge in [0, 0.05) is 6.42 Å². The molecule has 0 saturated carbocycles. The molecule has 1 heterocycles. The van der Waals surface area contributed by atoms with Crippen molar-refractivity contribution in [3.05, 3.63) is 64.5 Å². The third kappa shape index (κ3) is 2.22. The summed E-state index contributed by atoms with van der Waals surface area (Å²) in [4.78, 5) is 0. The molecule has 0 amide bonds. The van der Waals surface area contributed by atoms with Gasteiger partial charge >= 0.3 is 0 Å². The predicted molar refractivity (Wildman–Crippen MR) is 72.8 cm³/mol. The molecule has 19 heavy (non-hydrogen) atoms. The fourth-order valence-corrected chi connectivity index (χ4v) is 2.45. The van der Waals surface area contributed by atoms with E-state index in [2.05, 4.69) is 6.07 Å². The summed E-state index contributed by atoms with van der Waals surface area (Å²) in [5.74, 6) is 0.754. The van der Waals surface area contributed by atoms with Crippen LogP contribution in [0.25, 0.3) is 0 Å². The van der Waals surface area contributed by atoms with E-state index in [1.165, 1.54) is 11.6 Å². The summed E-state index contributed by atoms with van der Waals surface area (Å²) in [6.45, 7) is 2.49. The van der Waals surface area contributed by atoms with Gasteiger partial charge in [-0.1, -0.05) is 24.3 Å². The molecular weight excluding hydrogens is 241 g/mol. The van der Waals surface area contributed by atoms with E-state index in [-0.39, 0.29) is 11.9 Å². The minimum absolute atomic E-state index is 0.196. The van der Waals surface area contributed by atoms with Crippen LogP contribution in [0.2, 0.25) is 0 Å². The Morgan fingerprint density at radius 1 is 1.16 bits per heavy atom. The average molecular weight is 257 g/mol. The van der Waals surface area contributed by atoms with Crippen molar-refractivity contribution in [1.29, 1.82) is 0 Å². The van der Waals surface area contributed by atoms with Gasteiger partial charge in [0.05, 0.1) is 12.6 Å². The van der Waals surface area contributed by atoms with E-state index in [9.17, 15) is 4.39 Å². The van der Waals surface area contributed by atoms with Crippen LogP contribution in [0.3, 0.4) is 0 Å². The highest BCUT2D eigenvalue weighted by Gasteiger charge is 2.16. The molecule has 2 aromatic carbocycles. The lowest BCUT2D eigenvalue weighted by atomic mass is 9.96. The van der Waals surface area contributed by atoms with Gasteiger partial charge < -0.3 is 10.5 Å². The zero-order chi connectivity index (χ0) is 13.4. The Balaban J connectivity index is 1.94. The van der Waals surface area contributed by atoms with Crippen molar-refractivity contribution in [3.8, 4) is 5.75 Å². The summed E-state index contributed by atoms with van der Waals surface area (Å²) in [7, 11) is 0. The Hall–Kier alpha value is -1.87. The maximum atomic E-state index is 13.3. The summed E-state index contributed by atoms with van der Waals surface area (Å²) in [6.07, 6.45) is 0.929. The molecule has 2 N–H and O–H groups in total. The second-order valence-electron chi connectivity index (χ2n) is 4.95. The molecule has 2 nitrogen and oxygen atoms in total. The van der Waals surface area contributed by atoms with Crippen molar-refractivity contribution < 1.29 is 9.13 Å². The number of hydrogen-bond acceptors (Lipinski definition) is 2. The second kappa shape index (κ2) is 4.67. The van der Waals surface area contributed by atoms with Crippen LogP contribution in [0.5, 0.6) is 5.75 Å². The van der Waals surface area contributed by atoms with Crippen molar-refractivity contribution in [1.82, 2.24) is 0 Å². The van der Waals surface area contributed by atoms with Gasteiger partial charge in [-0.15, -0.1) is 0 Å². The Labute approximate surface area is 112 Å². The van der Waals surface area contributed by atoms with Crippen molar-refractivity contribution >= 4 is 0 Å². The number of ether oxygens (including phenoxy) is 1. The maximum Gasteiger partial charge on any atom is 0.126 e. The molecule has 0 saturated heterocycles. The summed E-state index contributed by atoms with van der Waals surface area (Å²) in [5.41, 5.74) is 10.1. The Kier molecular flexibility index (Phi) is 2.99. The van der Waals surface area contributed by atoms with E-state index in [0.29, 0.717) is 5.56 Å². The van der Waals surface area contributed by atoms with E-state index in [1.54, 1.807) is 13.0 Å². The second-order valence-corrected chi connectivity index (χ2v) is 4.95. The standard InChI is InChI=1S/C16H16FNO/c1-10-8-12(2-4-14(10)17)16(18)13-3-5-15-11(9-13)6-7-19-15/h2-5,8-9,16H,6-7,18H2,1H3. The highest BCUT2D eigenvalue weighted by Crippen LogP contribution is 2.30. The van der Waals surface area contributed by atoms with Crippen LogP contribution in [0.4, 0.5) is 4.39 Å². The fraction of sp³-hybridized carbons (Fsp3) is 0.250. The molecule has 3 rings (SSSR count). The van der Waals surface area contributed by atoms with Crippen molar-refractivity contribution in [2.75, 3.05) is 6.61 Å². The number of fused-ring (bicyclic) bond motifs is 1. The summed E-state index contributed by atoms with van der Waals surface area (Å²) < 4.78 is 18.8. The first-order valence-electron chi connectivity index (χ1n) is 6.42. The third-order valence-corrected chi connectivity index (χ3v) is 3.61. The lowest BCUT2D eigenvalue weighted by Crippen LogP contribution is -2.12. The zero-order valence-corrected chi connectivity index (χ0v) is 10.8. The van der Waals surface area contributed by atoms with Crippen LogP contribution in [-0.4, -0.2) is 6.61 Å². The van der Waals surface area contributed by atoms with Gasteiger partial charge in [0.2, 0.25) is 0 Å². The Morgan fingerprint density at radius 2 is 1.89 bits per heavy atom. The number of rotatable bonds is 2. The van der Waals surface area contributed by atoms with Crippen LogP contribution in [0, 0.1) is 12.7 Å². The molecule has 1 unspecified atom stereocenters. The largest absolute Gasteiger partial charge is 0.493 e. The highest BCUT2D eigenvalue weighted by molar-refractivity contribution is 5.43. The molecule has 0 aliphatic carbocycles. The number of hydrogen-bond donors (Lipinski definition) is 1. The lowest BCUT2D eigenvalue weighted by molar-refractivity contribution is 0.357. The van der Waals surface area contributed by atoms with Crippen LogP contribution < -0.4 is 10.5 Å².